The summed E-state index contributed by atoms with van der Waals surface area (Å²) in [5, 5.41) is 9.01. The minimum Gasteiger partial charge on any atom is -0.493 e. The van der Waals surface area contributed by atoms with Crippen molar-refractivity contribution < 1.29 is 28.2 Å². The van der Waals surface area contributed by atoms with Gasteiger partial charge in [-0.3, -0.25) is 4.79 Å². The highest BCUT2D eigenvalue weighted by atomic mass is 32.2. The van der Waals surface area contributed by atoms with E-state index in [0.29, 0.717) is 5.75 Å². The average molecular weight is 306 g/mol. The van der Waals surface area contributed by atoms with Crippen molar-refractivity contribution in [3.8, 4) is 11.5 Å². The number of aliphatic carboxylic acids is 1. The Morgan fingerprint density at radius 1 is 1.40 bits per heavy atom. The van der Waals surface area contributed by atoms with Crippen molar-refractivity contribution in [2.45, 2.75) is 31.0 Å². The molecule has 0 aromatic heterocycles. The van der Waals surface area contributed by atoms with Gasteiger partial charge in [-0.05, 0) is 31.5 Å². The van der Waals surface area contributed by atoms with E-state index in [1.54, 1.807) is 26.0 Å². The van der Waals surface area contributed by atoms with Crippen molar-refractivity contribution in [1.29, 1.82) is 0 Å². The molecule has 0 saturated heterocycles. The van der Waals surface area contributed by atoms with E-state index in [9.17, 15) is 13.6 Å². The van der Waals surface area contributed by atoms with Crippen LogP contribution in [0, 0.1) is 0 Å². The van der Waals surface area contributed by atoms with Gasteiger partial charge < -0.3 is 14.6 Å². The van der Waals surface area contributed by atoms with E-state index in [0.717, 1.165) is 5.56 Å². The lowest BCUT2D eigenvalue weighted by Gasteiger charge is -2.18. The SMILES string of the molecule is COc1cc(CSC(C)(C)C(=O)O)ccc1OC(F)F. The molecule has 1 aromatic rings. The highest BCUT2D eigenvalue weighted by Gasteiger charge is 2.27. The van der Waals surface area contributed by atoms with Crippen molar-refractivity contribution in [3.05, 3.63) is 23.8 Å². The fourth-order valence-corrected chi connectivity index (χ4v) is 2.15. The van der Waals surface area contributed by atoms with E-state index in [1.807, 2.05) is 0 Å². The lowest BCUT2D eigenvalue weighted by molar-refractivity contribution is -0.138. The number of rotatable bonds is 7. The van der Waals surface area contributed by atoms with E-state index < -0.39 is 17.3 Å². The van der Waals surface area contributed by atoms with Crippen LogP contribution in [-0.2, 0) is 10.5 Å². The van der Waals surface area contributed by atoms with E-state index in [-0.39, 0.29) is 11.5 Å². The van der Waals surface area contributed by atoms with Crippen molar-refractivity contribution >= 4 is 17.7 Å². The zero-order valence-electron chi connectivity index (χ0n) is 11.4. The van der Waals surface area contributed by atoms with E-state index >= 15 is 0 Å². The van der Waals surface area contributed by atoms with Gasteiger partial charge in [-0.2, -0.15) is 8.78 Å². The number of carbonyl (C=O) groups is 1. The third kappa shape index (κ3) is 4.56. The molecule has 112 valence electrons. The molecule has 0 aliphatic carbocycles. The number of thioether (sulfide) groups is 1. The Morgan fingerprint density at radius 2 is 2.05 bits per heavy atom. The van der Waals surface area contributed by atoms with Crippen LogP contribution >= 0.6 is 11.8 Å². The van der Waals surface area contributed by atoms with Crippen LogP contribution in [0.1, 0.15) is 19.4 Å². The molecule has 4 nitrogen and oxygen atoms in total. The maximum Gasteiger partial charge on any atom is 0.387 e. The standard InChI is InChI=1S/C13H16F2O4S/c1-13(2,11(16)17)20-7-8-4-5-9(19-12(14)15)10(6-8)18-3/h4-6,12H,7H2,1-3H3,(H,16,17). The Hall–Kier alpha value is -1.50. The van der Waals surface area contributed by atoms with Crippen LogP contribution in [0.15, 0.2) is 18.2 Å². The second-order valence-corrected chi connectivity index (χ2v) is 6.07. The van der Waals surface area contributed by atoms with Gasteiger partial charge in [0.15, 0.2) is 11.5 Å². The number of carboxylic acids is 1. The summed E-state index contributed by atoms with van der Waals surface area (Å²) in [5.74, 6) is -0.345. The quantitative estimate of drug-likeness (QED) is 0.837. The van der Waals surface area contributed by atoms with Crippen LogP contribution in [0.2, 0.25) is 0 Å². The summed E-state index contributed by atoms with van der Waals surface area (Å²) in [5.41, 5.74) is 0.766. The molecule has 0 aliphatic rings. The van der Waals surface area contributed by atoms with Crippen LogP contribution < -0.4 is 9.47 Å². The molecular weight excluding hydrogens is 290 g/mol. The Kier molecular flexibility index (Phi) is 5.62. The van der Waals surface area contributed by atoms with Crippen molar-refractivity contribution in [3.63, 3.8) is 0 Å². The van der Waals surface area contributed by atoms with Gasteiger partial charge in [0.2, 0.25) is 0 Å². The lowest BCUT2D eigenvalue weighted by atomic mass is 10.2. The largest absolute Gasteiger partial charge is 0.493 e. The van der Waals surface area contributed by atoms with E-state index in [4.69, 9.17) is 9.84 Å². The molecule has 0 amide bonds. The van der Waals surface area contributed by atoms with Crippen molar-refractivity contribution in [2.75, 3.05) is 7.11 Å². The molecular formula is C13H16F2O4S. The number of benzene rings is 1. The molecule has 0 radical (unpaired) electrons. The molecule has 0 spiro atoms. The first kappa shape index (κ1) is 16.6. The summed E-state index contributed by atoms with van der Waals surface area (Å²) in [6.07, 6.45) is 0. The first-order chi connectivity index (χ1) is 9.26. The number of alkyl halides is 2. The molecule has 1 rings (SSSR count). The van der Waals surface area contributed by atoms with Gasteiger partial charge in [0.25, 0.3) is 0 Å². The molecule has 0 fully saturated rings. The number of ether oxygens (including phenoxy) is 2. The Bertz CT molecular complexity index is 477. The first-order valence-electron chi connectivity index (χ1n) is 5.75. The van der Waals surface area contributed by atoms with Gasteiger partial charge in [0.1, 0.15) is 4.75 Å². The summed E-state index contributed by atoms with van der Waals surface area (Å²) < 4.78 is 32.7. The molecule has 20 heavy (non-hydrogen) atoms. The normalized spacial score (nSPS) is 11.5. The highest BCUT2D eigenvalue weighted by molar-refractivity contribution is 8.00. The topological polar surface area (TPSA) is 55.8 Å². The predicted octanol–water partition coefficient (Wildman–Crippen LogP) is 3.39. The van der Waals surface area contributed by atoms with Crippen molar-refractivity contribution in [1.82, 2.24) is 0 Å². The average Bonchev–Trinajstić information content (AvgIpc) is 2.36. The lowest BCUT2D eigenvalue weighted by Crippen LogP contribution is -2.27. The van der Waals surface area contributed by atoms with Gasteiger partial charge in [-0.1, -0.05) is 6.07 Å². The Labute approximate surface area is 120 Å². The van der Waals surface area contributed by atoms with Crippen LogP contribution in [0.25, 0.3) is 0 Å². The fourth-order valence-electron chi connectivity index (χ4n) is 1.32. The number of methoxy groups -OCH3 is 1. The monoisotopic (exact) mass is 306 g/mol. The summed E-state index contributed by atoms with van der Waals surface area (Å²) in [6, 6.07) is 4.54. The number of hydrogen-bond acceptors (Lipinski definition) is 4. The summed E-state index contributed by atoms with van der Waals surface area (Å²) in [4.78, 5) is 11.0. The Morgan fingerprint density at radius 3 is 2.55 bits per heavy atom. The number of hydrogen-bond donors (Lipinski definition) is 1. The molecule has 0 saturated carbocycles. The molecule has 0 unspecified atom stereocenters. The maximum atomic E-state index is 12.2. The summed E-state index contributed by atoms with van der Waals surface area (Å²) in [7, 11) is 1.35. The molecule has 0 bridgehead atoms. The second-order valence-electron chi connectivity index (χ2n) is 4.47. The summed E-state index contributed by atoms with van der Waals surface area (Å²) in [6.45, 7) is 0.284. The second kappa shape index (κ2) is 6.78. The van der Waals surface area contributed by atoms with Crippen molar-refractivity contribution in [2.24, 2.45) is 0 Å². The molecule has 1 N–H and O–H groups in total. The van der Waals surface area contributed by atoms with Crippen LogP contribution in [0.3, 0.4) is 0 Å². The maximum absolute atomic E-state index is 12.2. The third-order valence-corrected chi connectivity index (χ3v) is 3.93. The predicted molar refractivity (Wildman–Crippen MR) is 72.6 cm³/mol. The Balaban J connectivity index is 2.80. The third-order valence-electron chi connectivity index (χ3n) is 2.56. The number of halogens is 2. The van der Waals surface area contributed by atoms with E-state index in [1.165, 1.54) is 24.9 Å². The van der Waals surface area contributed by atoms with Crippen LogP contribution in [0.5, 0.6) is 11.5 Å². The van der Waals surface area contributed by atoms with Gasteiger partial charge in [0.05, 0.1) is 7.11 Å². The number of carboxylic acid groups (broad SMARTS) is 1. The minimum atomic E-state index is -2.92. The molecule has 0 heterocycles. The fraction of sp³-hybridized carbons (Fsp3) is 0.462. The van der Waals surface area contributed by atoms with E-state index in [2.05, 4.69) is 4.74 Å². The van der Waals surface area contributed by atoms with Gasteiger partial charge in [-0.25, -0.2) is 0 Å². The zero-order valence-corrected chi connectivity index (χ0v) is 12.2. The zero-order chi connectivity index (χ0) is 15.3. The van der Waals surface area contributed by atoms with Crippen LogP contribution in [-0.4, -0.2) is 29.5 Å². The molecule has 1 aromatic carbocycles. The van der Waals surface area contributed by atoms with Gasteiger partial charge in [0, 0.05) is 5.75 Å². The molecule has 7 heteroatoms. The highest BCUT2D eigenvalue weighted by Crippen LogP contribution is 2.33. The first-order valence-corrected chi connectivity index (χ1v) is 6.74. The molecule has 0 aliphatic heterocycles. The minimum absolute atomic E-state index is 0.0475. The molecule has 0 atom stereocenters. The smallest absolute Gasteiger partial charge is 0.387 e. The summed E-state index contributed by atoms with van der Waals surface area (Å²) >= 11 is 1.23. The van der Waals surface area contributed by atoms with Gasteiger partial charge in [-0.15, -0.1) is 11.8 Å². The van der Waals surface area contributed by atoms with Gasteiger partial charge >= 0.3 is 12.6 Å². The van der Waals surface area contributed by atoms with Crippen LogP contribution in [0.4, 0.5) is 8.78 Å².